The van der Waals surface area contributed by atoms with E-state index in [0.717, 1.165) is 7.11 Å². The second-order valence-electron chi connectivity index (χ2n) is 3.22. The lowest BCUT2D eigenvalue weighted by Crippen LogP contribution is -2.49. The molecule has 0 aliphatic rings. The predicted molar refractivity (Wildman–Crippen MR) is 44.8 cm³/mol. The van der Waals surface area contributed by atoms with Gasteiger partial charge in [0.05, 0.1) is 7.11 Å². The molecule has 0 spiro atoms. The van der Waals surface area contributed by atoms with Gasteiger partial charge >= 0.3 is 18.1 Å². The standard InChI is InChI=1S/C8H12F3NO3/c1-4(2)5(6(13)15-3)12-7(14)8(9,10)11/h4-5H,1-3H3,(H,12,14). The van der Waals surface area contributed by atoms with E-state index in [2.05, 4.69) is 4.74 Å². The molecule has 7 heteroatoms. The van der Waals surface area contributed by atoms with E-state index in [1.54, 1.807) is 5.32 Å². The van der Waals surface area contributed by atoms with Crippen molar-refractivity contribution < 1.29 is 27.5 Å². The lowest BCUT2D eigenvalue weighted by atomic mass is 10.0. The topological polar surface area (TPSA) is 55.4 Å². The van der Waals surface area contributed by atoms with E-state index in [1.807, 2.05) is 0 Å². The van der Waals surface area contributed by atoms with Gasteiger partial charge in [0.15, 0.2) is 0 Å². The van der Waals surface area contributed by atoms with E-state index in [9.17, 15) is 22.8 Å². The molecule has 1 N–H and O–H groups in total. The third-order valence-electron chi connectivity index (χ3n) is 1.67. The van der Waals surface area contributed by atoms with Crippen LogP contribution in [0.1, 0.15) is 13.8 Å². The van der Waals surface area contributed by atoms with E-state index in [0.29, 0.717) is 0 Å². The number of rotatable bonds is 3. The smallest absolute Gasteiger partial charge is 0.467 e. The van der Waals surface area contributed by atoms with Crippen molar-refractivity contribution >= 4 is 11.9 Å². The molecule has 0 saturated heterocycles. The third kappa shape index (κ3) is 4.18. The number of esters is 1. The number of hydrogen-bond acceptors (Lipinski definition) is 3. The molecule has 0 aromatic carbocycles. The fourth-order valence-corrected chi connectivity index (χ4v) is 0.848. The summed E-state index contributed by atoms with van der Waals surface area (Å²) in [5, 5.41) is 1.57. The van der Waals surface area contributed by atoms with E-state index in [1.165, 1.54) is 13.8 Å². The Hall–Kier alpha value is -1.27. The van der Waals surface area contributed by atoms with Crippen LogP contribution in [-0.4, -0.2) is 31.2 Å². The number of alkyl halides is 3. The fourth-order valence-electron chi connectivity index (χ4n) is 0.848. The number of carbonyl (C=O) groups is 2. The highest BCUT2D eigenvalue weighted by atomic mass is 19.4. The van der Waals surface area contributed by atoms with Gasteiger partial charge in [0.25, 0.3) is 0 Å². The van der Waals surface area contributed by atoms with Crippen LogP contribution in [0.2, 0.25) is 0 Å². The second-order valence-corrected chi connectivity index (χ2v) is 3.22. The monoisotopic (exact) mass is 227 g/mol. The van der Waals surface area contributed by atoms with Crippen molar-refractivity contribution in [2.45, 2.75) is 26.1 Å². The van der Waals surface area contributed by atoms with E-state index >= 15 is 0 Å². The van der Waals surface area contributed by atoms with Crippen molar-refractivity contribution in [3.8, 4) is 0 Å². The van der Waals surface area contributed by atoms with Crippen molar-refractivity contribution in [2.24, 2.45) is 5.92 Å². The average molecular weight is 227 g/mol. The SMILES string of the molecule is COC(=O)C(NC(=O)C(F)(F)F)C(C)C. The molecule has 4 nitrogen and oxygen atoms in total. The van der Waals surface area contributed by atoms with Crippen LogP contribution in [0.4, 0.5) is 13.2 Å². The van der Waals surface area contributed by atoms with Crippen LogP contribution >= 0.6 is 0 Å². The molecule has 0 radical (unpaired) electrons. The Morgan fingerprint density at radius 2 is 1.73 bits per heavy atom. The number of amides is 1. The summed E-state index contributed by atoms with van der Waals surface area (Å²) >= 11 is 0. The van der Waals surface area contributed by atoms with Gasteiger partial charge in [-0.05, 0) is 5.92 Å². The van der Waals surface area contributed by atoms with Crippen molar-refractivity contribution in [1.29, 1.82) is 0 Å². The summed E-state index contributed by atoms with van der Waals surface area (Å²) in [4.78, 5) is 21.6. The quantitative estimate of drug-likeness (QED) is 0.727. The third-order valence-corrected chi connectivity index (χ3v) is 1.67. The highest BCUT2D eigenvalue weighted by molar-refractivity contribution is 5.87. The Bertz CT molecular complexity index is 250. The lowest BCUT2D eigenvalue weighted by molar-refractivity contribution is -0.176. The molecule has 0 aromatic rings. The number of hydrogen-bond donors (Lipinski definition) is 1. The van der Waals surface area contributed by atoms with E-state index in [-0.39, 0.29) is 0 Å². The number of ether oxygens (including phenoxy) is 1. The molecule has 0 aliphatic carbocycles. The summed E-state index contributed by atoms with van der Waals surface area (Å²) in [5.74, 6) is -3.53. The largest absolute Gasteiger partial charge is 0.471 e. The Morgan fingerprint density at radius 3 is 2.00 bits per heavy atom. The van der Waals surface area contributed by atoms with Crippen LogP contribution in [0, 0.1) is 5.92 Å². The Kier molecular flexibility index (Phi) is 4.57. The van der Waals surface area contributed by atoms with Gasteiger partial charge in [-0.1, -0.05) is 13.8 Å². The van der Waals surface area contributed by atoms with Crippen LogP contribution in [0.25, 0.3) is 0 Å². The molecule has 1 amide bonds. The van der Waals surface area contributed by atoms with Gasteiger partial charge in [0.2, 0.25) is 0 Å². The normalized spacial score (nSPS) is 13.5. The molecule has 0 bridgehead atoms. The number of carbonyl (C=O) groups excluding carboxylic acids is 2. The van der Waals surface area contributed by atoms with E-state index in [4.69, 9.17) is 0 Å². The number of halogens is 3. The van der Waals surface area contributed by atoms with Gasteiger partial charge in [-0.15, -0.1) is 0 Å². The van der Waals surface area contributed by atoms with Gasteiger partial charge in [0.1, 0.15) is 6.04 Å². The first-order valence-corrected chi connectivity index (χ1v) is 4.15. The Morgan fingerprint density at radius 1 is 1.27 bits per heavy atom. The summed E-state index contributed by atoms with van der Waals surface area (Å²) in [6.45, 7) is 3.00. The van der Waals surface area contributed by atoms with Crippen LogP contribution in [-0.2, 0) is 14.3 Å². The maximum Gasteiger partial charge on any atom is 0.471 e. The van der Waals surface area contributed by atoms with Crippen molar-refractivity contribution in [2.75, 3.05) is 7.11 Å². The Balaban J connectivity index is 4.57. The zero-order valence-electron chi connectivity index (χ0n) is 8.51. The maximum absolute atomic E-state index is 11.9. The molecule has 1 atom stereocenters. The highest BCUT2D eigenvalue weighted by Gasteiger charge is 2.41. The molecule has 0 aliphatic heterocycles. The zero-order chi connectivity index (χ0) is 12.2. The van der Waals surface area contributed by atoms with Gasteiger partial charge in [-0.25, -0.2) is 4.79 Å². The fraction of sp³-hybridized carbons (Fsp3) is 0.750. The van der Waals surface area contributed by atoms with Crippen LogP contribution in [0.5, 0.6) is 0 Å². The minimum Gasteiger partial charge on any atom is -0.467 e. The molecular formula is C8H12F3NO3. The summed E-state index contributed by atoms with van der Waals surface area (Å²) in [5.41, 5.74) is 0. The molecule has 0 rings (SSSR count). The molecule has 15 heavy (non-hydrogen) atoms. The van der Waals surface area contributed by atoms with Crippen LogP contribution in [0.15, 0.2) is 0 Å². The highest BCUT2D eigenvalue weighted by Crippen LogP contribution is 2.15. The molecule has 0 aromatic heterocycles. The predicted octanol–water partition coefficient (Wildman–Crippen LogP) is 0.863. The van der Waals surface area contributed by atoms with Crippen LogP contribution in [0.3, 0.4) is 0 Å². The maximum atomic E-state index is 11.9. The van der Waals surface area contributed by atoms with Crippen molar-refractivity contribution in [3.63, 3.8) is 0 Å². The molecular weight excluding hydrogens is 215 g/mol. The first-order chi connectivity index (χ1) is 6.70. The number of methoxy groups -OCH3 is 1. The minimum absolute atomic E-state index is 0.483. The summed E-state index contributed by atoms with van der Waals surface area (Å²) in [6.07, 6.45) is -5.00. The lowest BCUT2D eigenvalue weighted by Gasteiger charge is -2.20. The van der Waals surface area contributed by atoms with Crippen molar-refractivity contribution in [1.82, 2.24) is 5.32 Å². The average Bonchev–Trinajstić information content (AvgIpc) is 2.10. The van der Waals surface area contributed by atoms with Gasteiger partial charge in [-0.3, -0.25) is 4.79 Å². The summed E-state index contributed by atoms with van der Waals surface area (Å²) < 4.78 is 39.9. The minimum atomic E-state index is -5.00. The molecule has 0 fully saturated rings. The summed E-state index contributed by atoms with van der Waals surface area (Å²) in [7, 11) is 1.04. The molecule has 0 saturated carbocycles. The first kappa shape index (κ1) is 13.7. The van der Waals surface area contributed by atoms with Crippen LogP contribution < -0.4 is 5.32 Å². The second kappa shape index (κ2) is 4.99. The van der Waals surface area contributed by atoms with Crippen molar-refractivity contribution in [3.05, 3.63) is 0 Å². The summed E-state index contributed by atoms with van der Waals surface area (Å²) in [6, 6.07) is -1.29. The Labute approximate surface area is 84.8 Å². The first-order valence-electron chi connectivity index (χ1n) is 4.15. The molecule has 88 valence electrons. The molecule has 0 heterocycles. The number of nitrogens with one attached hydrogen (secondary N) is 1. The van der Waals surface area contributed by atoms with Gasteiger partial charge in [0, 0.05) is 0 Å². The van der Waals surface area contributed by atoms with Gasteiger partial charge < -0.3 is 10.1 Å². The molecule has 1 unspecified atom stereocenters. The zero-order valence-corrected chi connectivity index (χ0v) is 8.51. The van der Waals surface area contributed by atoms with Gasteiger partial charge in [-0.2, -0.15) is 13.2 Å². The van der Waals surface area contributed by atoms with E-state index < -0.39 is 30.0 Å².